The van der Waals surface area contributed by atoms with E-state index in [4.69, 9.17) is 25.8 Å². The number of carbonyl (C=O) groups is 1. The van der Waals surface area contributed by atoms with Crippen molar-refractivity contribution in [3.8, 4) is 17.2 Å². The van der Waals surface area contributed by atoms with Crippen LogP contribution < -0.4 is 23.8 Å². The highest BCUT2D eigenvalue weighted by molar-refractivity contribution is 7.92. The van der Waals surface area contributed by atoms with Gasteiger partial charge >= 0.3 is 0 Å². The number of halogens is 1. The second-order valence-corrected chi connectivity index (χ2v) is 8.38. The van der Waals surface area contributed by atoms with Crippen molar-refractivity contribution in [3.05, 3.63) is 41.4 Å². The molecular formula is C19H23ClN2O6S. The minimum absolute atomic E-state index is 0.228. The molecule has 158 valence electrons. The van der Waals surface area contributed by atoms with E-state index < -0.39 is 22.0 Å². The monoisotopic (exact) mass is 442 g/mol. The van der Waals surface area contributed by atoms with Crippen molar-refractivity contribution in [2.24, 2.45) is 0 Å². The molecule has 2 aromatic rings. The van der Waals surface area contributed by atoms with Crippen LogP contribution >= 0.6 is 11.6 Å². The normalized spacial score (nSPS) is 12.1. The summed E-state index contributed by atoms with van der Waals surface area (Å²) < 4.78 is 41.3. The molecule has 0 unspecified atom stereocenters. The molecule has 0 bridgehead atoms. The number of carbonyl (C=O) groups excluding carboxylic acids is 1. The quantitative estimate of drug-likeness (QED) is 0.674. The van der Waals surface area contributed by atoms with Gasteiger partial charge in [-0.25, -0.2) is 8.42 Å². The van der Waals surface area contributed by atoms with Crippen molar-refractivity contribution in [3.63, 3.8) is 0 Å². The molecule has 1 amide bonds. The molecular weight excluding hydrogens is 420 g/mol. The van der Waals surface area contributed by atoms with Crippen LogP contribution in [0.3, 0.4) is 0 Å². The zero-order valence-electron chi connectivity index (χ0n) is 16.7. The average Bonchev–Trinajstić information content (AvgIpc) is 2.66. The molecule has 0 saturated heterocycles. The number of nitrogens with zero attached hydrogens (tertiary/aromatic N) is 1. The fourth-order valence-corrected chi connectivity index (χ4v) is 4.18. The van der Waals surface area contributed by atoms with Gasteiger partial charge in [0.1, 0.15) is 11.8 Å². The van der Waals surface area contributed by atoms with Crippen LogP contribution in [-0.4, -0.2) is 48.0 Å². The van der Waals surface area contributed by atoms with E-state index in [1.54, 1.807) is 18.2 Å². The minimum atomic E-state index is -3.79. The van der Waals surface area contributed by atoms with Crippen LogP contribution in [0, 0.1) is 0 Å². The predicted molar refractivity (Wildman–Crippen MR) is 113 cm³/mol. The van der Waals surface area contributed by atoms with Gasteiger partial charge in [-0.3, -0.25) is 9.10 Å². The Hall–Kier alpha value is -2.65. The number of hydrogen-bond donors (Lipinski definition) is 1. The highest BCUT2D eigenvalue weighted by atomic mass is 35.5. The van der Waals surface area contributed by atoms with Crippen molar-refractivity contribution in [2.45, 2.75) is 13.0 Å². The molecule has 0 spiro atoms. The van der Waals surface area contributed by atoms with Crippen LogP contribution in [0.4, 0.5) is 11.4 Å². The second kappa shape index (κ2) is 9.23. The minimum Gasteiger partial charge on any atom is -0.495 e. The number of amides is 1. The molecule has 1 atom stereocenters. The van der Waals surface area contributed by atoms with Gasteiger partial charge in [0.05, 0.1) is 38.3 Å². The summed E-state index contributed by atoms with van der Waals surface area (Å²) in [6, 6.07) is 8.28. The molecule has 0 aliphatic carbocycles. The number of rotatable bonds is 8. The van der Waals surface area contributed by atoms with E-state index in [1.165, 1.54) is 46.5 Å². The predicted octanol–water partition coefficient (Wildman–Crippen LogP) is 3.16. The summed E-state index contributed by atoms with van der Waals surface area (Å²) in [7, 11) is 0.646. The Morgan fingerprint density at radius 3 is 2.10 bits per heavy atom. The van der Waals surface area contributed by atoms with Gasteiger partial charge in [-0.15, -0.1) is 0 Å². The molecule has 10 heteroatoms. The second-order valence-electron chi connectivity index (χ2n) is 6.11. The maximum Gasteiger partial charge on any atom is 0.247 e. The summed E-state index contributed by atoms with van der Waals surface area (Å²) in [6.45, 7) is 1.48. The molecule has 1 N–H and O–H groups in total. The Labute approximate surface area is 175 Å². The van der Waals surface area contributed by atoms with E-state index in [-0.39, 0.29) is 10.7 Å². The first kappa shape index (κ1) is 22.6. The Kier molecular flexibility index (Phi) is 7.21. The molecule has 0 radical (unpaired) electrons. The number of sulfonamides is 1. The summed E-state index contributed by atoms with van der Waals surface area (Å²) >= 11 is 6.13. The first-order valence-corrected chi connectivity index (χ1v) is 10.7. The van der Waals surface area contributed by atoms with Crippen LogP contribution in [-0.2, 0) is 14.8 Å². The van der Waals surface area contributed by atoms with E-state index in [9.17, 15) is 13.2 Å². The third kappa shape index (κ3) is 5.24. The van der Waals surface area contributed by atoms with E-state index in [2.05, 4.69) is 5.32 Å². The third-order valence-electron chi connectivity index (χ3n) is 4.13. The highest BCUT2D eigenvalue weighted by Crippen LogP contribution is 2.32. The van der Waals surface area contributed by atoms with E-state index >= 15 is 0 Å². The summed E-state index contributed by atoms with van der Waals surface area (Å²) in [5.74, 6) is 0.796. The molecule has 0 heterocycles. The standard InChI is InChI=1S/C19H23ClN2O6S/c1-12(19(23)21-13-6-8-17(27-3)18(10-13)28-4)22(29(5,24)25)14-7-9-16(26-2)15(20)11-14/h6-12H,1-5H3,(H,21,23)/t12-/m0/s1. The molecule has 0 aromatic heterocycles. The number of hydrogen-bond acceptors (Lipinski definition) is 6. The SMILES string of the molecule is COc1ccc(N([C@@H](C)C(=O)Nc2ccc(OC)c(OC)c2)S(C)(=O)=O)cc1Cl. The number of anilines is 2. The third-order valence-corrected chi connectivity index (χ3v) is 5.67. The zero-order chi connectivity index (χ0) is 21.8. The lowest BCUT2D eigenvalue weighted by molar-refractivity contribution is -0.116. The Bertz CT molecular complexity index is 996. The van der Waals surface area contributed by atoms with Gasteiger partial charge in [-0.05, 0) is 37.3 Å². The largest absolute Gasteiger partial charge is 0.495 e. The van der Waals surface area contributed by atoms with Gasteiger partial charge in [0.2, 0.25) is 15.9 Å². The Morgan fingerprint density at radius 1 is 1.00 bits per heavy atom. The fraction of sp³-hybridized carbons (Fsp3) is 0.316. The van der Waals surface area contributed by atoms with Crippen LogP contribution in [0.15, 0.2) is 36.4 Å². The first-order chi connectivity index (χ1) is 13.6. The molecule has 0 aliphatic rings. The van der Waals surface area contributed by atoms with Crippen molar-refractivity contribution >= 4 is 38.9 Å². The van der Waals surface area contributed by atoms with Gasteiger partial charge in [0, 0.05) is 11.8 Å². The number of nitrogens with one attached hydrogen (secondary N) is 1. The topological polar surface area (TPSA) is 94.2 Å². The summed E-state index contributed by atoms with van der Waals surface area (Å²) in [4.78, 5) is 12.8. The zero-order valence-corrected chi connectivity index (χ0v) is 18.3. The van der Waals surface area contributed by atoms with Crippen LogP contribution in [0.5, 0.6) is 17.2 Å². The maximum atomic E-state index is 12.8. The van der Waals surface area contributed by atoms with Crippen LogP contribution in [0.2, 0.25) is 5.02 Å². The van der Waals surface area contributed by atoms with Crippen molar-refractivity contribution in [1.82, 2.24) is 0 Å². The fourth-order valence-electron chi connectivity index (χ4n) is 2.76. The smallest absolute Gasteiger partial charge is 0.247 e. The van der Waals surface area contributed by atoms with Gasteiger partial charge in [0.25, 0.3) is 0 Å². The first-order valence-electron chi connectivity index (χ1n) is 8.48. The van der Waals surface area contributed by atoms with Gasteiger partial charge in [-0.1, -0.05) is 11.6 Å². The molecule has 8 nitrogen and oxygen atoms in total. The van der Waals surface area contributed by atoms with E-state index in [0.29, 0.717) is 22.9 Å². The van der Waals surface area contributed by atoms with E-state index in [1.807, 2.05) is 0 Å². The molecule has 2 aromatic carbocycles. The maximum absolute atomic E-state index is 12.8. The molecule has 0 aliphatic heterocycles. The van der Waals surface area contributed by atoms with Crippen molar-refractivity contribution < 1.29 is 27.4 Å². The average molecular weight is 443 g/mol. The number of benzene rings is 2. The Balaban J connectivity index is 2.33. The van der Waals surface area contributed by atoms with Gasteiger partial charge in [-0.2, -0.15) is 0 Å². The molecule has 0 fully saturated rings. The summed E-state index contributed by atoms with van der Waals surface area (Å²) in [5, 5.41) is 2.92. The Morgan fingerprint density at radius 2 is 1.59 bits per heavy atom. The van der Waals surface area contributed by atoms with Crippen LogP contribution in [0.1, 0.15) is 6.92 Å². The summed E-state index contributed by atoms with van der Waals surface area (Å²) in [5.41, 5.74) is 0.675. The lowest BCUT2D eigenvalue weighted by atomic mass is 10.2. The molecule has 29 heavy (non-hydrogen) atoms. The van der Waals surface area contributed by atoms with Crippen molar-refractivity contribution in [2.75, 3.05) is 37.2 Å². The van der Waals surface area contributed by atoms with Crippen molar-refractivity contribution in [1.29, 1.82) is 0 Å². The van der Waals surface area contributed by atoms with Crippen LogP contribution in [0.25, 0.3) is 0 Å². The lowest BCUT2D eigenvalue weighted by Gasteiger charge is -2.28. The summed E-state index contributed by atoms with van der Waals surface area (Å²) in [6.07, 6.45) is 1.02. The molecule has 0 saturated carbocycles. The number of ether oxygens (including phenoxy) is 3. The van der Waals surface area contributed by atoms with Gasteiger partial charge in [0.15, 0.2) is 11.5 Å². The highest BCUT2D eigenvalue weighted by Gasteiger charge is 2.30. The number of methoxy groups -OCH3 is 3. The van der Waals surface area contributed by atoms with E-state index in [0.717, 1.165) is 10.6 Å². The molecule has 2 rings (SSSR count). The lowest BCUT2D eigenvalue weighted by Crippen LogP contribution is -2.45. The van der Waals surface area contributed by atoms with Gasteiger partial charge < -0.3 is 19.5 Å².